The molecule has 6 heteroatoms. The number of hydrogen-bond donors (Lipinski definition) is 2. The summed E-state index contributed by atoms with van der Waals surface area (Å²) in [6.07, 6.45) is 1.83. The van der Waals surface area contributed by atoms with E-state index in [1.54, 1.807) is 29.2 Å². The molecule has 2 aromatic carbocycles. The summed E-state index contributed by atoms with van der Waals surface area (Å²) in [5.74, 6) is 0.0394. The number of phenols is 1. The van der Waals surface area contributed by atoms with Crippen molar-refractivity contribution in [1.29, 1.82) is 0 Å². The van der Waals surface area contributed by atoms with E-state index in [0.29, 0.717) is 4.91 Å². The molecule has 0 aromatic heterocycles. The van der Waals surface area contributed by atoms with Crippen LogP contribution in [-0.4, -0.2) is 47.3 Å². The van der Waals surface area contributed by atoms with E-state index >= 15 is 0 Å². The largest absolute Gasteiger partial charge is 0.508 e. The van der Waals surface area contributed by atoms with Crippen LogP contribution in [-0.2, 0) is 11.3 Å². The van der Waals surface area contributed by atoms with Gasteiger partial charge in [-0.15, -0.1) is 0 Å². The third-order valence-corrected chi connectivity index (χ3v) is 5.88. The van der Waals surface area contributed by atoms with Gasteiger partial charge in [0.2, 0.25) is 0 Å². The van der Waals surface area contributed by atoms with Gasteiger partial charge in [0.25, 0.3) is 5.91 Å². The lowest BCUT2D eigenvalue weighted by Crippen LogP contribution is -3.13. The van der Waals surface area contributed by atoms with Gasteiger partial charge in [-0.25, -0.2) is 0 Å². The molecule has 2 heterocycles. The average molecular weight is 380 g/mol. The smallest absolute Gasteiger partial charge is 0.286 e. The maximum absolute atomic E-state index is 12.2. The van der Waals surface area contributed by atoms with Crippen molar-refractivity contribution in [1.82, 2.24) is 4.90 Å². The van der Waals surface area contributed by atoms with Crippen molar-refractivity contribution < 1.29 is 14.8 Å². The number of hydrogen-bond acceptors (Lipinski definition) is 4. The van der Waals surface area contributed by atoms with Gasteiger partial charge in [-0.3, -0.25) is 4.79 Å². The van der Waals surface area contributed by atoms with Crippen molar-refractivity contribution in [2.24, 2.45) is 4.99 Å². The lowest BCUT2D eigenvalue weighted by molar-refractivity contribution is -0.917. The highest BCUT2D eigenvalue weighted by Gasteiger charge is 2.29. The molecule has 0 aliphatic carbocycles. The minimum atomic E-state index is -0.179. The number of amides is 1. The number of aliphatic imine (C=N–C) groups is 1. The number of phenolic OH excluding ortho intramolecular Hbond substituents is 1. The molecule has 4 rings (SSSR count). The number of amidine groups is 1. The Hall–Kier alpha value is -2.57. The number of carbonyl (C=O) groups excluding carboxylic acids is 1. The van der Waals surface area contributed by atoms with Crippen molar-refractivity contribution in [3.63, 3.8) is 0 Å². The monoisotopic (exact) mass is 380 g/mol. The highest BCUT2D eigenvalue weighted by Crippen LogP contribution is 2.30. The number of nitrogens with one attached hydrogen (secondary N) is 1. The van der Waals surface area contributed by atoms with Crippen LogP contribution in [0.5, 0.6) is 5.75 Å². The first-order chi connectivity index (χ1) is 13.2. The molecule has 2 aromatic rings. The molecule has 5 nitrogen and oxygen atoms in total. The van der Waals surface area contributed by atoms with Crippen molar-refractivity contribution in [2.75, 3.05) is 26.2 Å². The number of nitrogens with zero attached hydrogens (tertiary/aromatic N) is 2. The second kappa shape index (κ2) is 7.98. The van der Waals surface area contributed by atoms with Crippen molar-refractivity contribution >= 4 is 28.9 Å². The second-order valence-corrected chi connectivity index (χ2v) is 7.81. The van der Waals surface area contributed by atoms with E-state index in [-0.39, 0.29) is 11.7 Å². The van der Waals surface area contributed by atoms with Gasteiger partial charge in [-0.2, -0.15) is 4.99 Å². The Morgan fingerprint density at radius 1 is 1.07 bits per heavy atom. The van der Waals surface area contributed by atoms with Gasteiger partial charge in [0.05, 0.1) is 31.1 Å². The zero-order chi connectivity index (χ0) is 18.6. The highest BCUT2D eigenvalue weighted by molar-refractivity contribution is 8.18. The maximum atomic E-state index is 12.2. The molecule has 1 saturated heterocycles. The van der Waals surface area contributed by atoms with E-state index in [1.165, 1.54) is 17.3 Å². The van der Waals surface area contributed by atoms with E-state index < -0.39 is 0 Å². The molecule has 2 aliphatic heterocycles. The molecule has 2 N–H and O–H groups in total. The molecule has 0 spiro atoms. The predicted molar refractivity (Wildman–Crippen MR) is 109 cm³/mol. The average Bonchev–Trinajstić information content (AvgIpc) is 3.05. The van der Waals surface area contributed by atoms with Gasteiger partial charge < -0.3 is 14.9 Å². The molecule has 0 atom stereocenters. The predicted octanol–water partition coefficient (Wildman–Crippen LogP) is 1.76. The first-order valence-corrected chi connectivity index (χ1v) is 9.93. The summed E-state index contributed by atoms with van der Waals surface area (Å²) in [6, 6.07) is 17.4. The fourth-order valence-corrected chi connectivity index (χ4v) is 4.30. The van der Waals surface area contributed by atoms with Crippen LogP contribution in [0.15, 0.2) is 64.5 Å². The lowest BCUT2D eigenvalue weighted by Gasteiger charge is -2.32. The van der Waals surface area contributed by atoms with Gasteiger partial charge in [0.15, 0.2) is 5.17 Å². The molecule has 2 aliphatic rings. The maximum Gasteiger partial charge on any atom is 0.286 e. The number of thioether (sulfide) groups is 1. The lowest BCUT2D eigenvalue weighted by atomic mass is 10.2. The van der Waals surface area contributed by atoms with E-state index in [4.69, 9.17) is 0 Å². The van der Waals surface area contributed by atoms with E-state index in [0.717, 1.165) is 43.5 Å². The van der Waals surface area contributed by atoms with Crippen LogP contribution in [0, 0.1) is 0 Å². The Morgan fingerprint density at radius 2 is 1.78 bits per heavy atom. The molecule has 138 valence electrons. The van der Waals surface area contributed by atoms with Crippen LogP contribution in [0.2, 0.25) is 0 Å². The number of benzene rings is 2. The van der Waals surface area contributed by atoms with E-state index in [9.17, 15) is 9.90 Å². The first-order valence-electron chi connectivity index (χ1n) is 9.11. The van der Waals surface area contributed by atoms with Crippen LogP contribution in [0.25, 0.3) is 6.08 Å². The standard InChI is InChI=1S/C21H21N3O2S/c25-18-8-6-16(7-9-18)14-19-20(26)22-21(27-19)24-12-10-23(11-13-24)15-17-4-2-1-3-5-17/h1-9,14,25H,10-13,15H2/p+1/b19-14-. The van der Waals surface area contributed by atoms with Gasteiger partial charge in [-0.05, 0) is 35.5 Å². The zero-order valence-corrected chi connectivity index (χ0v) is 15.8. The SMILES string of the molecule is O=C1N=C(N2CC[NH+](Cc3ccccc3)CC2)S/C1=C\c1ccc(O)cc1. The van der Waals surface area contributed by atoms with Crippen LogP contribution >= 0.6 is 11.8 Å². The molecular formula is C21H22N3O2S+. The highest BCUT2D eigenvalue weighted by atomic mass is 32.2. The van der Waals surface area contributed by atoms with Crippen molar-refractivity contribution in [3.05, 3.63) is 70.6 Å². The molecule has 0 saturated carbocycles. The van der Waals surface area contributed by atoms with Gasteiger partial charge in [0, 0.05) is 5.56 Å². The Labute approximate surface area is 163 Å². The fourth-order valence-electron chi connectivity index (χ4n) is 3.33. The Bertz CT molecular complexity index is 870. The van der Waals surface area contributed by atoms with E-state index in [2.05, 4.69) is 34.2 Å². The molecule has 27 heavy (non-hydrogen) atoms. The summed E-state index contributed by atoms with van der Waals surface area (Å²) in [5, 5.41) is 10.2. The summed E-state index contributed by atoms with van der Waals surface area (Å²) < 4.78 is 0. The molecular weight excluding hydrogens is 358 g/mol. The summed E-state index contributed by atoms with van der Waals surface area (Å²) >= 11 is 1.45. The number of rotatable bonds is 3. The Kier molecular flexibility index (Phi) is 5.27. The van der Waals surface area contributed by atoms with Crippen molar-refractivity contribution in [2.45, 2.75) is 6.54 Å². The second-order valence-electron chi connectivity index (χ2n) is 6.80. The Balaban J connectivity index is 1.34. The summed E-state index contributed by atoms with van der Waals surface area (Å²) in [7, 11) is 0. The Morgan fingerprint density at radius 3 is 2.48 bits per heavy atom. The van der Waals surface area contributed by atoms with Crippen molar-refractivity contribution in [3.8, 4) is 5.75 Å². The van der Waals surface area contributed by atoms with E-state index in [1.807, 2.05) is 12.1 Å². The topological polar surface area (TPSA) is 57.3 Å². The summed E-state index contributed by atoms with van der Waals surface area (Å²) in [6.45, 7) is 4.94. The van der Waals surface area contributed by atoms with Crippen LogP contribution in [0.3, 0.4) is 0 Å². The number of aromatic hydroxyl groups is 1. The fraction of sp³-hybridized carbons (Fsp3) is 0.238. The number of carbonyl (C=O) groups is 1. The quantitative estimate of drug-likeness (QED) is 0.797. The third kappa shape index (κ3) is 4.40. The minimum Gasteiger partial charge on any atom is -0.508 e. The zero-order valence-electron chi connectivity index (χ0n) is 15.0. The van der Waals surface area contributed by atoms with Crippen LogP contribution in [0.4, 0.5) is 0 Å². The van der Waals surface area contributed by atoms with Crippen LogP contribution in [0.1, 0.15) is 11.1 Å². The summed E-state index contributed by atoms with van der Waals surface area (Å²) in [4.78, 5) is 20.9. The van der Waals surface area contributed by atoms with Crippen LogP contribution < -0.4 is 4.90 Å². The minimum absolute atomic E-state index is 0.179. The van der Waals surface area contributed by atoms with Gasteiger partial charge >= 0.3 is 0 Å². The molecule has 1 fully saturated rings. The summed E-state index contributed by atoms with van der Waals surface area (Å²) in [5.41, 5.74) is 2.25. The third-order valence-electron chi connectivity index (χ3n) is 4.84. The normalized spacial score (nSPS) is 19.6. The molecule has 0 radical (unpaired) electrons. The molecule has 0 bridgehead atoms. The first kappa shape index (κ1) is 17.8. The molecule has 0 unspecified atom stereocenters. The number of quaternary nitrogens is 1. The number of piperazine rings is 1. The van der Waals surface area contributed by atoms with Gasteiger partial charge in [0.1, 0.15) is 12.3 Å². The molecule has 1 amide bonds. The van der Waals surface area contributed by atoms with Gasteiger partial charge in [-0.1, -0.05) is 42.5 Å².